The van der Waals surface area contributed by atoms with Crippen LogP contribution >= 0.6 is 11.6 Å². The predicted octanol–water partition coefficient (Wildman–Crippen LogP) is 1.46. The lowest BCUT2D eigenvalue weighted by Crippen LogP contribution is -2.06. The van der Waals surface area contributed by atoms with E-state index >= 15 is 0 Å². The van der Waals surface area contributed by atoms with Gasteiger partial charge in [0.15, 0.2) is 0 Å². The molecule has 7 heteroatoms. The number of carbonyl (C=O) groups is 2. The first-order chi connectivity index (χ1) is 7.73. The standard InChI is InChI=1S/C8H9ClN2O2.C2H4O2/c1-4-6(3-7(12)13)8(9)11-5(2)10-4;1-2(3)4/h3H2,1-2H3,(H,12,13);1H3,(H,3,4). The minimum absolute atomic E-state index is 0.134. The Balaban J connectivity index is 0.000000557. The van der Waals surface area contributed by atoms with Gasteiger partial charge in [-0.3, -0.25) is 9.59 Å². The lowest BCUT2D eigenvalue weighted by Gasteiger charge is -2.04. The van der Waals surface area contributed by atoms with Gasteiger partial charge in [0, 0.05) is 18.2 Å². The first-order valence-corrected chi connectivity index (χ1v) is 5.02. The molecule has 2 N–H and O–H groups in total. The van der Waals surface area contributed by atoms with Crippen LogP contribution in [0.3, 0.4) is 0 Å². The van der Waals surface area contributed by atoms with Crippen LogP contribution in [0.5, 0.6) is 0 Å². The van der Waals surface area contributed by atoms with Crippen molar-refractivity contribution in [2.45, 2.75) is 27.2 Å². The van der Waals surface area contributed by atoms with Gasteiger partial charge in [0.25, 0.3) is 5.97 Å². The third kappa shape index (κ3) is 6.47. The first-order valence-electron chi connectivity index (χ1n) is 4.65. The maximum absolute atomic E-state index is 10.4. The van der Waals surface area contributed by atoms with Gasteiger partial charge in [-0.1, -0.05) is 11.6 Å². The summed E-state index contributed by atoms with van der Waals surface area (Å²) in [7, 11) is 0. The molecule has 0 spiro atoms. The maximum atomic E-state index is 10.4. The number of hydrogen-bond acceptors (Lipinski definition) is 4. The highest BCUT2D eigenvalue weighted by Gasteiger charge is 2.11. The second-order valence-corrected chi connectivity index (χ2v) is 3.57. The minimum Gasteiger partial charge on any atom is -0.481 e. The van der Waals surface area contributed by atoms with E-state index in [1.54, 1.807) is 13.8 Å². The Morgan fingerprint density at radius 1 is 1.24 bits per heavy atom. The molecule has 0 bridgehead atoms. The number of aromatic nitrogens is 2. The highest BCUT2D eigenvalue weighted by atomic mass is 35.5. The van der Waals surface area contributed by atoms with Crippen LogP contribution in [0.2, 0.25) is 5.15 Å². The van der Waals surface area contributed by atoms with Crippen LogP contribution in [-0.4, -0.2) is 32.1 Å². The molecule has 94 valence electrons. The molecule has 0 atom stereocenters. The lowest BCUT2D eigenvalue weighted by atomic mass is 10.2. The van der Waals surface area contributed by atoms with Crippen molar-refractivity contribution in [2.24, 2.45) is 0 Å². The second-order valence-electron chi connectivity index (χ2n) is 3.22. The van der Waals surface area contributed by atoms with E-state index in [0.29, 0.717) is 17.1 Å². The molecule has 0 aliphatic carbocycles. The smallest absolute Gasteiger partial charge is 0.308 e. The van der Waals surface area contributed by atoms with Gasteiger partial charge in [0.2, 0.25) is 0 Å². The highest BCUT2D eigenvalue weighted by molar-refractivity contribution is 6.30. The molecule has 0 amide bonds. The van der Waals surface area contributed by atoms with Gasteiger partial charge in [-0.2, -0.15) is 0 Å². The summed E-state index contributed by atoms with van der Waals surface area (Å²) in [4.78, 5) is 27.4. The predicted molar refractivity (Wildman–Crippen MR) is 61.2 cm³/mol. The van der Waals surface area contributed by atoms with E-state index in [1.165, 1.54) is 0 Å². The molecule has 0 aliphatic heterocycles. The summed E-state index contributed by atoms with van der Waals surface area (Å²) in [5, 5.41) is 16.2. The second kappa shape index (κ2) is 6.80. The number of aryl methyl sites for hydroxylation is 2. The fourth-order valence-electron chi connectivity index (χ4n) is 1.05. The van der Waals surface area contributed by atoms with E-state index in [2.05, 4.69) is 9.97 Å². The molecule has 0 unspecified atom stereocenters. The number of carboxylic acid groups (broad SMARTS) is 2. The third-order valence-corrected chi connectivity index (χ3v) is 1.92. The van der Waals surface area contributed by atoms with Crippen LogP contribution in [0.1, 0.15) is 24.0 Å². The van der Waals surface area contributed by atoms with Gasteiger partial charge >= 0.3 is 5.97 Å². The minimum atomic E-state index is -0.933. The van der Waals surface area contributed by atoms with E-state index in [4.69, 9.17) is 26.6 Å². The molecule has 0 aliphatic rings. The fraction of sp³-hybridized carbons (Fsp3) is 0.400. The number of rotatable bonds is 2. The van der Waals surface area contributed by atoms with Gasteiger partial charge in [-0.05, 0) is 13.8 Å². The van der Waals surface area contributed by atoms with Crippen molar-refractivity contribution in [3.63, 3.8) is 0 Å². The van der Waals surface area contributed by atoms with Crippen LogP contribution in [0, 0.1) is 13.8 Å². The summed E-state index contributed by atoms with van der Waals surface area (Å²) >= 11 is 5.76. The SMILES string of the molecule is CC(=O)O.Cc1nc(C)c(CC(=O)O)c(Cl)n1. The van der Waals surface area contributed by atoms with E-state index in [9.17, 15) is 4.79 Å². The lowest BCUT2D eigenvalue weighted by molar-refractivity contribution is -0.136. The Bertz CT molecular complexity index is 407. The number of aliphatic carboxylic acids is 2. The van der Waals surface area contributed by atoms with E-state index < -0.39 is 11.9 Å². The van der Waals surface area contributed by atoms with Crippen LogP contribution in [0.15, 0.2) is 0 Å². The summed E-state index contributed by atoms with van der Waals surface area (Å²) < 4.78 is 0. The highest BCUT2D eigenvalue weighted by Crippen LogP contribution is 2.16. The summed E-state index contributed by atoms with van der Waals surface area (Å²) in [6.07, 6.45) is -0.134. The van der Waals surface area contributed by atoms with Crippen LogP contribution in [-0.2, 0) is 16.0 Å². The number of halogens is 1. The fourth-order valence-corrected chi connectivity index (χ4v) is 1.37. The zero-order chi connectivity index (χ0) is 13.6. The number of hydrogen-bond donors (Lipinski definition) is 2. The first kappa shape index (κ1) is 15.3. The normalized spacial score (nSPS) is 9.18. The Hall–Kier alpha value is -1.69. The molecule has 1 rings (SSSR count). The van der Waals surface area contributed by atoms with Crippen molar-refractivity contribution in [3.8, 4) is 0 Å². The topological polar surface area (TPSA) is 100 Å². The monoisotopic (exact) mass is 260 g/mol. The molecule has 0 saturated heterocycles. The Labute approximate surface area is 103 Å². The van der Waals surface area contributed by atoms with Gasteiger partial charge in [0.1, 0.15) is 11.0 Å². The van der Waals surface area contributed by atoms with Crippen LogP contribution in [0.25, 0.3) is 0 Å². The molecule has 0 aromatic carbocycles. The average molecular weight is 261 g/mol. The molecular weight excluding hydrogens is 248 g/mol. The van der Waals surface area contributed by atoms with Gasteiger partial charge in [-0.15, -0.1) is 0 Å². The van der Waals surface area contributed by atoms with Gasteiger partial charge in [-0.25, -0.2) is 9.97 Å². The zero-order valence-electron chi connectivity index (χ0n) is 9.69. The van der Waals surface area contributed by atoms with Crippen molar-refractivity contribution in [1.29, 1.82) is 0 Å². The van der Waals surface area contributed by atoms with Crippen molar-refractivity contribution in [3.05, 3.63) is 22.2 Å². The summed E-state index contributed by atoms with van der Waals surface area (Å²) in [5.41, 5.74) is 1.11. The van der Waals surface area contributed by atoms with Crippen molar-refractivity contribution in [2.75, 3.05) is 0 Å². The molecule has 0 saturated carbocycles. The molecule has 1 heterocycles. The van der Waals surface area contributed by atoms with Crippen LogP contribution in [0.4, 0.5) is 0 Å². The number of carboxylic acids is 2. The molecule has 0 radical (unpaired) electrons. The quantitative estimate of drug-likeness (QED) is 0.781. The van der Waals surface area contributed by atoms with Crippen LogP contribution < -0.4 is 0 Å². The molecular formula is C10H13ClN2O4. The summed E-state index contributed by atoms with van der Waals surface area (Å²) in [6.45, 7) is 4.52. The van der Waals surface area contributed by atoms with Gasteiger partial charge in [0.05, 0.1) is 6.42 Å². The molecule has 0 fully saturated rings. The van der Waals surface area contributed by atoms with Crippen molar-refractivity contribution < 1.29 is 19.8 Å². The average Bonchev–Trinajstić information content (AvgIpc) is 2.09. The molecule has 1 aromatic heterocycles. The van der Waals surface area contributed by atoms with Gasteiger partial charge < -0.3 is 10.2 Å². The largest absolute Gasteiger partial charge is 0.481 e. The van der Waals surface area contributed by atoms with E-state index in [1.807, 2.05) is 0 Å². The third-order valence-electron chi connectivity index (χ3n) is 1.60. The summed E-state index contributed by atoms with van der Waals surface area (Å²) in [6, 6.07) is 0. The Morgan fingerprint density at radius 2 is 1.71 bits per heavy atom. The molecule has 6 nitrogen and oxygen atoms in total. The van der Waals surface area contributed by atoms with Crippen molar-refractivity contribution in [1.82, 2.24) is 9.97 Å². The van der Waals surface area contributed by atoms with E-state index in [-0.39, 0.29) is 11.6 Å². The maximum Gasteiger partial charge on any atom is 0.308 e. The molecule has 17 heavy (non-hydrogen) atoms. The Morgan fingerprint density at radius 3 is 2.06 bits per heavy atom. The van der Waals surface area contributed by atoms with Crippen molar-refractivity contribution >= 4 is 23.5 Å². The summed E-state index contributed by atoms with van der Waals surface area (Å²) in [5.74, 6) is -1.21. The Kier molecular flexibility index (Phi) is 6.12. The van der Waals surface area contributed by atoms with E-state index in [0.717, 1.165) is 6.92 Å². The molecule has 1 aromatic rings. The zero-order valence-corrected chi connectivity index (χ0v) is 10.4. The number of nitrogens with zero attached hydrogens (tertiary/aromatic N) is 2.